The van der Waals surface area contributed by atoms with E-state index in [1.807, 2.05) is 31.2 Å². The van der Waals surface area contributed by atoms with Gasteiger partial charge in [0.1, 0.15) is 12.0 Å². The van der Waals surface area contributed by atoms with E-state index in [0.29, 0.717) is 17.0 Å². The second-order valence-corrected chi connectivity index (χ2v) is 7.08. The average Bonchev–Trinajstić information content (AvgIpc) is 3.17. The lowest BCUT2D eigenvalue weighted by Crippen LogP contribution is -2.18. The predicted molar refractivity (Wildman–Crippen MR) is 111 cm³/mol. The first-order valence-electron chi connectivity index (χ1n) is 9.61. The number of halogens is 3. The van der Waals surface area contributed by atoms with Crippen LogP contribution in [-0.2, 0) is 17.4 Å². The van der Waals surface area contributed by atoms with Gasteiger partial charge in [0.2, 0.25) is 11.8 Å². The van der Waals surface area contributed by atoms with E-state index in [1.54, 1.807) is 6.07 Å². The lowest BCUT2D eigenvalue weighted by molar-refractivity contribution is -0.138. The van der Waals surface area contributed by atoms with E-state index in [-0.39, 0.29) is 11.4 Å². The van der Waals surface area contributed by atoms with Gasteiger partial charge >= 0.3 is 6.18 Å². The molecular weight excluding hydrogens is 421 g/mol. The van der Waals surface area contributed by atoms with Crippen LogP contribution in [0.2, 0.25) is 0 Å². The lowest BCUT2D eigenvalue weighted by atomic mass is 10.0. The van der Waals surface area contributed by atoms with E-state index < -0.39 is 24.1 Å². The molecular formula is C23H17F3N4O2. The first kappa shape index (κ1) is 21.2. The molecule has 0 fully saturated rings. The van der Waals surface area contributed by atoms with Crippen LogP contribution in [0.3, 0.4) is 0 Å². The van der Waals surface area contributed by atoms with E-state index in [9.17, 15) is 18.0 Å². The third-order valence-electron chi connectivity index (χ3n) is 4.75. The van der Waals surface area contributed by atoms with Gasteiger partial charge in [-0.1, -0.05) is 47.1 Å². The van der Waals surface area contributed by atoms with E-state index in [0.717, 1.165) is 17.2 Å². The summed E-state index contributed by atoms with van der Waals surface area (Å²) < 4.78 is 45.2. The summed E-state index contributed by atoms with van der Waals surface area (Å²) in [4.78, 5) is 20.8. The molecule has 2 heterocycles. The maximum absolute atomic E-state index is 13.3. The second kappa shape index (κ2) is 8.62. The number of nitrogens with zero attached hydrogens (tertiary/aromatic N) is 3. The van der Waals surface area contributed by atoms with Crippen molar-refractivity contribution >= 4 is 11.8 Å². The molecule has 0 aliphatic heterocycles. The second-order valence-electron chi connectivity index (χ2n) is 7.08. The van der Waals surface area contributed by atoms with Crippen molar-refractivity contribution in [3.8, 4) is 22.5 Å². The van der Waals surface area contributed by atoms with Crippen molar-refractivity contribution in [3.63, 3.8) is 0 Å². The van der Waals surface area contributed by atoms with Crippen molar-refractivity contribution in [2.24, 2.45) is 0 Å². The molecule has 0 aliphatic rings. The number of alkyl halides is 3. The normalized spacial score (nSPS) is 11.4. The first-order chi connectivity index (χ1) is 15.3. The Morgan fingerprint density at radius 3 is 2.62 bits per heavy atom. The van der Waals surface area contributed by atoms with Crippen LogP contribution in [0.5, 0.6) is 0 Å². The van der Waals surface area contributed by atoms with Gasteiger partial charge in [-0.15, -0.1) is 0 Å². The number of hydrogen-bond donors (Lipinski definition) is 1. The maximum atomic E-state index is 13.3. The van der Waals surface area contributed by atoms with Crippen LogP contribution in [0.15, 0.2) is 71.6 Å². The minimum absolute atomic E-state index is 0.00491. The predicted octanol–water partition coefficient (Wildman–Crippen LogP) is 5.31. The minimum atomic E-state index is -4.56. The average molecular weight is 438 g/mol. The zero-order chi connectivity index (χ0) is 22.7. The Morgan fingerprint density at radius 1 is 1.09 bits per heavy atom. The fourth-order valence-electron chi connectivity index (χ4n) is 3.34. The molecule has 0 bridgehead atoms. The summed E-state index contributed by atoms with van der Waals surface area (Å²) in [7, 11) is 0. The minimum Gasteiger partial charge on any atom is -0.337 e. The molecule has 0 radical (unpaired) electrons. The highest BCUT2D eigenvalue weighted by Crippen LogP contribution is 2.37. The number of benzene rings is 2. The van der Waals surface area contributed by atoms with Gasteiger partial charge in [-0.3, -0.25) is 10.1 Å². The zero-order valence-electron chi connectivity index (χ0n) is 16.8. The van der Waals surface area contributed by atoms with Crippen LogP contribution < -0.4 is 5.32 Å². The smallest absolute Gasteiger partial charge is 0.337 e. The van der Waals surface area contributed by atoms with Crippen molar-refractivity contribution < 1.29 is 22.5 Å². The fraction of sp³-hybridized carbons (Fsp3) is 0.130. The summed E-state index contributed by atoms with van der Waals surface area (Å²) in [5.41, 5.74) is 2.04. The van der Waals surface area contributed by atoms with Gasteiger partial charge in [0, 0.05) is 11.8 Å². The number of carbonyl (C=O) groups is 1. The molecule has 6 nitrogen and oxygen atoms in total. The number of aryl methyl sites for hydroxylation is 1. The van der Waals surface area contributed by atoms with Crippen LogP contribution in [-0.4, -0.2) is 21.0 Å². The summed E-state index contributed by atoms with van der Waals surface area (Å²) in [6.07, 6.45) is -2.18. The zero-order valence-corrected chi connectivity index (χ0v) is 16.8. The number of rotatable bonds is 5. The van der Waals surface area contributed by atoms with Crippen molar-refractivity contribution in [1.82, 2.24) is 15.1 Å². The third kappa shape index (κ3) is 4.51. The maximum Gasteiger partial charge on any atom is 0.416 e. The third-order valence-corrected chi connectivity index (χ3v) is 4.75. The first-order valence-corrected chi connectivity index (χ1v) is 9.61. The van der Waals surface area contributed by atoms with Crippen LogP contribution in [0.4, 0.5) is 19.1 Å². The van der Waals surface area contributed by atoms with Crippen LogP contribution in [0.1, 0.15) is 16.7 Å². The molecule has 2 aromatic heterocycles. The van der Waals surface area contributed by atoms with Gasteiger partial charge in [0.25, 0.3) is 0 Å². The van der Waals surface area contributed by atoms with Gasteiger partial charge in [-0.2, -0.15) is 13.2 Å². The Kier molecular flexibility index (Phi) is 5.72. The van der Waals surface area contributed by atoms with E-state index in [2.05, 4.69) is 20.4 Å². The summed E-state index contributed by atoms with van der Waals surface area (Å²) in [6.45, 7) is 1.93. The monoisotopic (exact) mass is 438 g/mol. The molecule has 0 unspecified atom stereocenters. The Hall–Kier alpha value is -4.01. The van der Waals surface area contributed by atoms with E-state index in [4.69, 9.17) is 4.52 Å². The molecule has 0 spiro atoms. The van der Waals surface area contributed by atoms with Crippen molar-refractivity contribution in [2.75, 3.05) is 5.32 Å². The number of nitrogens with one attached hydrogen (secondary N) is 1. The fourth-order valence-corrected chi connectivity index (χ4v) is 3.34. The highest BCUT2D eigenvalue weighted by molar-refractivity contribution is 5.97. The SMILES string of the molecule is Cc1cccc(-c2noc(NC(=O)Cc3ccccc3C(F)(F)F)c2-c2ccncn2)c1. The van der Waals surface area contributed by atoms with Gasteiger partial charge in [0.05, 0.1) is 23.2 Å². The largest absolute Gasteiger partial charge is 0.416 e. The molecule has 0 saturated heterocycles. The summed E-state index contributed by atoms with van der Waals surface area (Å²) in [5, 5.41) is 6.64. The Labute approximate surface area is 181 Å². The molecule has 4 rings (SSSR count). The molecule has 0 saturated carbocycles. The molecule has 2 aromatic carbocycles. The standard InChI is InChI=1S/C23H17F3N4O2/c1-14-5-4-7-16(11-14)21-20(18-9-10-27-13-28-18)22(32-30-21)29-19(31)12-15-6-2-3-8-17(15)23(24,25)26/h2-11,13H,12H2,1H3,(H,29,31). The molecule has 1 amide bonds. The van der Waals surface area contributed by atoms with Gasteiger partial charge in [0.15, 0.2) is 0 Å². The summed E-state index contributed by atoms with van der Waals surface area (Å²) >= 11 is 0. The number of amides is 1. The Bertz CT molecular complexity index is 1250. The quantitative estimate of drug-likeness (QED) is 0.457. The van der Waals surface area contributed by atoms with Crippen molar-refractivity contribution in [1.29, 1.82) is 0 Å². The topological polar surface area (TPSA) is 80.9 Å². The van der Waals surface area contributed by atoms with E-state index >= 15 is 0 Å². The summed E-state index contributed by atoms with van der Waals surface area (Å²) in [5.74, 6) is -0.682. The molecule has 0 atom stereocenters. The van der Waals surface area contributed by atoms with Gasteiger partial charge in [-0.25, -0.2) is 9.97 Å². The number of carbonyl (C=O) groups excluding carboxylic acids is 1. The van der Waals surface area contributed by atoms with Crippen LogP contribution in [0.25, 0.3) is 22.5 Å². The van der Waals surface area contributed by atoms with E-state index in [1.165, 1.54) is 30.7 Å². The van der Waals surface area contributed by atoms with Gasteiger partial charge in [-0.05, 0) is 30.7 Å². The Morgan fingerprint density at radius 2 is 1.91 bits per heavy atom. The molecule has 9 heteroatoms. The molecule has 162 valence electrons. The van der Waals surface area contributed by atoms with Crippen LogP contribution >= 0.6 is 0 Å². The molecule has 4 aromatic rings. The Balaban J connectivity index is 1.69. The number of hydrogen-bond acceptors (Lipinski definition) is 5. The van der Waals surface area contributed by atoms with Gasteiger partial charge < -0.3 is 4.52 Å². The highest BCUT2D eigenvalue weighted by Gasteiger charge is 2.33. The number of aromatic nitrogens is 3. The van der Waals surface area contributed by atoms with Crippen molar-refractivity contribution in [2.45, 2.75) is 19.5 Å². The molecule has 1 N–H and O–H groups in total. The highest BCUT2D eigenvalue weighted by atomic mass is 19.4. The van der Waals surface area contributed by atoms with Crippen molar-refractivity contribution in [3.05, 3.63) is 83.8 Å². The lowest BCUT2D eigenvalue weighted by Gasteiger charge is -2.12. The number of anilines is 1. The van der Waals surface area contributed by atoms with Crippen LogP contribution in [0, 0.1) is 6.92 Å². The summed E-state index contributed by atoms with van der Waals surface area (Å²) in [6, 6.07) is 14.1. The molecule has 0 aliphatic carbocycles. The molecule has 32 heavy (non-hydrogen) atoms.